The summed E-state index contributed by atoms with van der Waals surface area (Å²) in [5, 5.41) is 9.62. The molecule has 2 bridgehead atoms. The number of aliphatic hydroxyl groups is 1. The maximum atomic E-state index is 12.6. The predicted octanol–water partition coefficient (Wildman–Crippen LogP) is 0.295. The van der Waals surface area contributed by atoms with Crippen LogP contribution >= 0.6 is 0 Å². The molecule has 0 amide bonds. The Labute approximate surface area is 96.6 Å². The van der Waals surface area contributed by atoms with Crippen molar-refractivity contribution in [1.82, 2.24) is 4.90 Å². The molecule has 3 heterocycles. The fourth-order valence-electron chi connectivity index (χ4n) is 3.25. The molecule has 0 aliphatic carbocycles. The van der Waals surface area contributed by atoms with Gasteiger partial charge in [-0.05, 0) is 12.3 Å². The lowest BCUT2D eigenvalue weighted by Gasteiger charge is -2.59. The molecule has 4 heteroatoms. The van der Waals surface area contributed by atoms with Gasteiger partial charge in [0.05, 0.1) is 13.2 Å². The second-order valence-corrected chi connectivity index (χ2v) is 5.47. The smallest absolute Gasteiger partial charge is 0.164 e. The Morgan fingerprint density at radius 3 is 2.81 bits per heavy atom. The Balaban J connectivity index is 2.39. The van der Waals surface area contributed by atoms with Crippen LogP contribution in [0.1, 0.15) is 20.3 Å². The molecule has 0 aromatic heterocycles. The van der Waals surface area contributed by atoms with Crippen molar-refractivity contribution in [3.8, 4) is 0 Å². The molecule has 0 aromatic rings. The van der Waals surface area contributed by atoms with E-state index >= 15 is 0 Å². The van der Waals surface area contributed by atoms with E-state index in [0.717, 1.165) is 19.5 Å². The minimum atomic E-state index is -0.783. The zero-order valence-corrected chi connectivity index (χ0v) is 10.3. The Morgan fingerprint density at radius 2 is 2.31 bits per heavy atom. The van der Waals surface area contributed by atoms with Gasteiger partial charge in [-0.1, -0.05) is 13.8 Å². The lowest BCUT2D eigenvalue weighted by atomic mass is 9.59. The molecule has 3 saturated heterocycles. The Bertz CT molecular complexity index is 307. The lowest BCUT2D eigenvalue weighted by Crippen LogP contribution is -2.74. The molecule has 3 aliphatic heterocycles. The fourth-order valence-corrected chi connectivity index (χ4v) is 3.25. The number of ketones is 1. The summed E-state index contributed by atoms with van der Waals surface area (Å²) in [6.45, 7) is 6.09. The number of aliphatic hydroxyl groups excluding tert-OH is 1. The molecule has 16 heavy (non-hydrogen) atoms. The van der Waals surface area contributed by atoms with Gasteiger partial charge < -0.3 is 9.84 Å². The van der Waals surface area contributed by atoms with Gasteiger partial charge in [0.15, 0.2) is 5.78 Å². The molecule has 0 saturated carbocycles. The van der Waals surface area contributed by atoms with Gasteiger partial charge in [0.1, 0.15) is 5.54 Å². The van der Waals surface area contributed by atoms with E-state index in [2.05, 4.69) is 11.8 Å². The highest BCUT2D eigenvalue weighted by atomic mass is 16.5. The maximum absolute atomic E-state index is 12.6. The number of rotatable bonds is 3. The van der Waals surface area contributed by atoms with Crippen LogP contribution in [0.25, 0.3) is 0 Å². The van der Waals surface area contributed by atoms with Crippen molar-refractivity contribution in [2.75, 3.05) is 33.4 Å². The van der Waals surface area contributed by atoms with E-state index in [1.165, 1.54) is 0 Å². The molecule has 3 fully saturated rings. The molecule has 3 rings (SSSR count). The standard InChI is InChI=1S/C12H21NO3/c1-9-6-13-5-4-11(9,2)10(15)12(13,7-14)8-16-3/h9,14H,4-8H2,1-3H3/t9-,11+,12+/m1/s1. The molecule has 92 valence electrons. The minimum Gasteiger partial charge on any atom is -0.394 e. The van der Waals surface area contributed by atoms with Crippen LogP contribution in [0, 0.1) is 11.3 Å². The van der Waals surface area contributed by atoms with Gasteiger partial charge in [0, 0.05) is 25.6 Å². The van der Waals surface area contributed by atoms with Crippen LogP contribution in [0.4, 0.5) is 0 Å². The second-order valence-electron chi connectivity index (χ2n) is 5.47. The molecule has 3 aliphatic rings. The highest BCUT2D eigenvalue weighted by Crippen LogP contribution is 2.48. The summed E-state index contributed by atoms with van der Waals surface area (Å²) in [5.41, 5.74) is -1.07. The Morgan fingerprint density at radius 1 is 1.62 bits per heavy atom. The number of carbonyl (C=O) groups excluding carboxylic acids is 1. The lowest BCUT2D eigenvalue weighted by molar-refractivity contribution is -0.177. The molecule has 1 unspecified atom stereocenters. The van der Waals surface area contributed by atoms with E-state index < -0.39 is 5.54 Å². The highest BCUT2D eigenvalue weighted by molar-refractivity contribution is 5.95. The topological polar surface area (TPSA) is 49.8 Å². The van der Waals surface area contributed by atoms with Crippen LogP contribution in [0.5, 0.6) is 0 Å². The van der Waals surface area contributed by atoms with Crippen molar-refractivity contribution in [2.45, 2.75) is 25.8 Å². The van der Waals surface area contributed by atoms with Gasteiger partial charge >= 0.3 is 0 Å². The number of ether oxygens (including phenoxy) is 1. The summed E-state index contributed by atoms with van der Waals surface area (Å²) < 4.78 is 5.16. The van der Waals surface area contributed by atoms with Crippen LogP contribution in [0.3, 0.4) is 0 Å². The largest absolute Gasteiger partial charge is 0.394 e. The van der Waals surface area contributed by atoms with Crippen molar-refractivity contribution in [2.24, 2.45) is 11.3 Å². The molecule has 1 N–H and O–H groups in total. The number of nitrogens with zero attached hydrogens (tertiary/aromatic N) is 1. The first kappa shape index (κ1) is 12.0. The van der Waals surface area contributed by atoms with Crippen molar-refractivity contribution in [3.63, 3.8) is 0 Å². The van der Waals surface area contributed by atoms with E-state index in [1.54, 1.807) is 7.11 Å². The summed E-state index contributed by atoms with van der Waals surface area (Å²) in [5.74, 6) is 0.527. The second kappa shape index (κ2) is 3.79. The monoisotopic (exact) mass is 227 g/mol. The summed E-state index contributed by atoms with van der Waals surface area (Å²) in [6, 6.07) is 0. The summed E-state index contributed by atoms with van der Waals surface area (Å²) in [6.07, 6.45) is 0.901. The molecule has 0 spiro atoms. The number of methoxy groups -OCH3 is 1. The molecule has 4 atom stereocenters. The average molecular weight is 227 g/mol. The Hall–Kier alpha value is -0.450. The van der Waals surface area contributed by atoms with Crippen molar-refractivity contribution in [1.29, 1.82) is 0 Å². The number of hydrogen-bond acceptors (Lipinski definition) is 4. The van der Waals surface area contributed by atoms with Crippen molar-refractivity contribution in [3.05, 3.63) is 0 Å². The van der Waals surface area contributed by atoms with E-state index in [9.17, 15) is 9.90 Å². The zero-order valence-electron chi connectivity index (χ0n) is 10.3. The number of piperidine rings is 3. The van der Waals surface area contributed by atoms with Crippen LogP contribution in [0.15, 0.2) is 0 Å². The van der Waals surface area contributed by atoms with Gasteiger partial charge in [0.25, 0.3) is 0 Å². The first-order valence-electron chi connectivity index (χ1n) is 5.91. The van der Waals surface area contributed by atoms with Gasteiger partial charge in [-0.15, -0.1) is 0 Å². The summed E-state index contributed by atoms with van der Waals surface area (Å²) >= 11 is 0. The van der Waals surface area contributed by atoms with Crippen LogP contribution < -0.4 is 0 Å². The molecule has 4 nitrogen and oxygen atoms in total. The van der Waals surface area contributed by atoms with E-state index in [-0.39, 0.29) is 17.8 Å². The number of hydrogen-bond donors (Lipinski definition) is 1. The van der Waals surface area contributed by atoms with Gasteiger partial charge in [-0.3, -0.25) is 9.69 Å². The van der Waals surface area contributed by atoms with Crippen LogP contribution in [-0.2, 0) is 9.53 Å². The summed E-state index contributed by atoms with van der Waals surface area (Å²) in [4.78, 5) is 14.7. The third-order valence-corrected chi connectivity index (χ3v) is 4.67. The van der Waals surface area contributed by atoms with Crippen LogP contribution in [-0.4, -0.2) is 54.7 Å². The quantitative estimate of drug-likeness (QED) is 0.753. The predicted molar refractivity (Wildman–Crippen MR) is 60.2 cm³/mol. The molecular weight excluding hydrogens is 206 g/mol. The number of fused-ring (bicyclic) bond motifs is 3. The maximum Gasteiger partial charge on any atom is 0.164 e. The minimum absolute atomic E-state index is 0.137. The number of Topliss-reactive ketones (excluding diaryl/α,β-unsaturated/α-hetero) is 1. The average Bonchev–Trinajstić information content (AvgIpc) is 2.27. The van der Waals surface area contributed by atoms with Gasteiger partial charge in [0.2, 0.25) is 0 Å². The number of carbonyl (C=O) groups is 1. The normalized spacial score (nSPS) is 47.4. The summed E-state index contributed by atoms with van der Waals surface area (Å²) in [7, 11) is 1.58. The van der Waals surface area contributed by atoms with E-state index in [4.69, 9.17) is 4.74 Å². The molecule has 0 radical (unpaired) electrons. The third kappa shape index (κ3) is 1.30. The first-order chi connectivity index (χ1) is 7.51. The first-order valence-corrected chi connectivity index (χ1v) is 5.91. The molecule has 0 aromatic carbocycles. The van der Waals surface area contributed by atoms with Crippen molar-refractivity contribution >= 4 is 5.78 Å². The SMILES string of the molecule is COC[C@@]1(CO)C(=O)[C@@]2(C)CCN1C[C@H]2C. The van der Waals surface area contributed by atoms with E-state index in [1.807, 2.05) is 6.92 Å². The fraction of sp³-hybridized carbons (Fsp3) is 0.917. The van der Waals surface area contributed by atoms with Crippen molar-refractivity contribution < 1.29 is 14.6 Å². The zero-order chi connectivity index (χ0) is 12.0. The third-order valence-electron chi connectivity index (χ3n) is 4.67. The Kier molecular flexibility index (Phi) is 2.85. The van der Waals surface area contributed by atoms with Gasteiger partial charge in [-0.2, -0.15) is 0 Å². The van der Waals surface area contributed by atoms with Crippen LogP contribution in [0.2, 0.25) is 0 Å². The highest BCUT2D eigenvalue weighted by Gasteiger charge is 2.60. The molecular formula is C12H21NO3. The van der Waals surface area contributed by atoms with E-state index in [0.29, 0.717) is 12.5 Å². The van der Waals surface area contributed by atoms with Gasteiger partial charge in [-0.25, -0.2) is 0 Å².